The summed E-state index contributed by atoms with van der Waals surface area (Å²) in [4.78, 5) is 0. The molecule has 0 fully saturated rings. The molecule has 0 aliphatic carbocycles. The number of allylic oxidation sites excluding steroid dienone is 1. The number of fused-ring (bicyclic) bond motifs is 1. The average molecular weight is 172 g/mol. The van der Waals surface area contributed by atoms with Crippen LogP contribution in [0, 0.1) is 5.92 Å². The third-order valence-corrected chi connectivity index (χ3v) is 2.61. The summed E-state index contributed by atoms with van der Waals surface area (Å²) in [5.41, 5.74) is 3.61. The zero-order valence-corrected chi connectivity index (χ0v) is 8.12. The molecule has 0 saturated carbocycles. The number of hydrogen-bond donors (Lipinski definition) is 0. The van der Waals surface area contributed by atoms with E-state index in [9.17, 15) is 0 Å². The van der Waals surface area contributed by atoms with Gasteiger partial charge in [0.05, 0.1) is 5.69 Å². The molecule has 0 amide bonds. The average Bonchev–Trinajstić information content (AvgIpc) is 2.59. The van der Waals surface area contributed by atoms with Crippen molar-refractivity contribution < 1.29 is 0 Å². The van der Waals surface area contributed by atoms with Gasteiger partial charge in [0, 0.05) is 11.3 Å². The molecule has 1 aliphatic rings. The molecule has 1 unspecified atom stereocenters. The highest BCUT2D eigenvalue weighted by atomic mass is 14.9. The van der Waals surface area contributed by atoms with Gasteiger partial charge in [0.1, 0.15) is 0 Å². The monoisotopic (exact) mass is 172 g/mol. The molecule has 1 aromatic rings. The van der Waals surface area contributed by atoms with Gasteiger partial charge in [-0.3, -0.25) is 5.32 Å². The first-order valence-corrected chi connectivity index (χ1v) is 4.83. The smallest absolute Gasteiger partial charge is 0.0706 e. The van der Waals surface area contributed by atoms with Gasteiger partial charge in [0.15, 0.2) is 0 Å². The van der Waals surface area contributed by atoms with Crippen LogP contribution in [-0.4, -0.2) is 0 Å². The molecular formula is C12H14N. The van der Waals surface area contributed by atoms with E-state index in [-0.39, 0.29) is 0 Å². The molecule has 1 heteroatoms. The number of nitrogens with zero attached hydrogens (tertiary/aromatic N) is 1. The number of hydrogen-bond acceptors (Lipinski definition) is 0. The number of para-hydroxylation sites is 1. The van der Waals surface area contributed by atoms with Crippen molar-refractivity contribution in [3.63, 3.8) is 0 Å². The molecule has 1 aliphatic heterocycles. The minimum absolute atomic E-state index is 0.576. The highest BCUT2D eigenvalue weighted by Gasteiger charge is 2.16. The summed E-state index contributed by atoms with van der Waals surface area (Å²) in [6.07, 6.45) is 3.35. The second kappa shape index (κ2) is 3.25. The largest absolute Gasteiger partial charge is 0.253 e. The summed E-state index contributed by atoms with van der Waals surface area (Å²) < 4.78 is 0. The van der Waals surface area contributed by atoms with E-state index in [0.717, 1.165) is 12.1 Å². The van der Waals surface area contributed by atoms with Crippen LogP contribution in [0.15, 0.2) is 30.0 Å². The van der Waals surface area contributed by atoms with Crippen LogP contribution in [0.5, 0.6) is 0 Å². The molecule has 1 radical (unpaired) electrons. The van der Waals surface area contributed by atoms with Crippen LogP contribution in [0.4, 0.5) is 5.69 Å². The first-order valence-electron chi connectivity index (χ1n) is 4.83. The van der Waals surface area contributed by atoms with Gasteiger partial charge < -0.3 is 0 Å². The lowest BCUT2D eigenvalue weighted by Gasteiger charge is -2.08. The van der Waals surface area contributed by atoms with E-state index in [4.69, 9.17) is 0 Å². The van der Waals surface area contributed by atoms with Crippen LogP contribution in [0.2, 0.25) is 0 Å². The van der Waals surface area contributed by atoms with E-state index in [1.807, 2.05) is 6.07 Å². The predicted octanol–water partition coefficient (Wildman–Crippen LogP) is 3.32. The topological polar surface area (TPSA) is 14.1 Å². The Bertz CT molecular complexity index is 339. The molecule has 2 rings (SSSR count). The minimum Gasteiger partial charge on any atom is -0.253 e. The predicted molar refractivity (Wildman–Crippen MR) is 55.7 cm³/mol. The van der Waals surface area contributed by atoms with Crippen molar-refractivity contribution in [1.82, 2.24) is 5.32 Å². The third-order valence-electron chi connectivity index (χ3n) is 2.61. The number of rotatable bonds is 2. The van der Waals surface area contributed by atoms with Gasteiger partial charge in [0.25, 0.3) is 0 Å². The van der Waals surface area contributed by atoms with Crippen LogP contribution in [0.25, 0.3) is 6.08 Å². The highest BCUT2D eigenvalue weighted by Crippen LogP contribution is 2.30. The van der Waals surface area contributed by atoms with Gasteiger partial charge in [0.2, 0.25) is 0 Å². The second-order valence-corrected chi connectivity index (χ2v) is 3.55. The van der Waals surface area contributed by atoms with Gasteiger partial charge in [-0.1, -0.05) is 32.0 Å². The fourth-order valence-corrected chi connectivity index (χ4v) is 1.50. The van der Waals surface area contributed by atoms with Gasteiger partial charge in [-0.15, -0.1) is 0 Å². The Morgan fingerprint density at radius 1 is 1.31 bits per heavy atom. The summed E-state index contributed by atoms with van der Waals surface area (Å²) in [6, 6.07) is 8.29. The maximum atomic E-state index is 4.58. The lowest BCUT2D eigenvalue weighted by molar-refractivity contribution is 0.630. The molecule has 0 saturated heterocycles. The molecule has 1 atom stereocenters. The van der Waals surface area contributed by atoms with Crippen molar-refractivity contribution in [1.29, 1.82) is 0 Å². The van der Waals surface area contributed by atoms with Crippen molar-refractivity contribution in [2.45, 2.75) is 20.3 Å². The minimum atomic E-state index is 0.576. The molecule has 67 valence electrons. The van der Waals surface area contributed by atoms with Crippen LogP contribution >= 0.6 is 0 Å². The maximum Gasteiger partial charge on any atom is 0.0706 e. The summed E-state index contributed by atoms with van der Waals surface area (Å²) in [5, 5.41) is 4.58. The quantitative estimate of drug-likeness (QED) is 0.649. The van der Waals surface area contributed by atoms with Crippen molar-refractivity contribution in [2.24, 2.45) is 5.92 Å². The molecule has 1 aromatic carbocycles. The van der Waals surface area contributed by atoms with Crippen molar-refractivity contribution >= 4 is 11.8 Å². The molecule has 0 bridgehead atoms. The fourth-order valence-electron chi connectivity index (χ4n) is 1.50. The Hall–Kier alpha value is -1.24. The van der Waals surface area contributed by atoms with Crippen molar-refractivity contribution in [2.75, 3.05) is 0 Å². The Balaban J connectivity index is 2.26. The van der Waals surface area contributed by atoms with E-state index in [1.54, 1.807) is 0 Å². The van der Waals surface area contributed by atoms with E-state index < -0.39 is 0 Å². The Morgan fingerprint density at radius 2 is 2.08 bits per heavy atom. The lowest BCUT2D eigenvalue weighted by atomic mass is 10.1. The van der Waals surface area contributed by atoms with Crippen LogP contribution in [0.1, 0.15) is 25.8 Å². The van der Waals surface area contributed by atoms with Crippen LogP contribution in [-0.2, 0) is 0 Å². The lowest BCUT2D eigenvalue weighted by Crippen LogP contribution is -2.02. The second-order valence-electron chi connectivity index (χ2n) is 3.55. The molecule has 0 aromatic heterocycles. The Kier molecular flexibility index (Phi) is 2.09. The fraction of sp³-hybridized carbons (Fsp3) is 0.333. The van der Waals surface area contributed by atoms with Crippen molar-refractivity contribution in [3.8, 4) is 0 Å². The van der Waals surface area contributed by atoms with Crippen LogP contribution in [0.3, 0.4) is 0 Å². The Labute approximate surface area is 79.5 Å². The highest BCUT2D eigenvalue weighted by molar-refractivity contribution is 5.71. The third kappa shape index (κ3) is 1.46. The summed E-state index contributed by atoms with van der Waals surface area (Å²) in [7, 11) is 0. The standard InChI is InChI=1S/C12H14N/c1-3-9(2)12-8-10-6-4-5-7-11(10)13-12/h4-9H,3H2,1-2H3. The SMILES string of the molecule is CCC(C)C1=Cc2ccccc2[N]1. The van der Waals surface area contributed by atoms with Gasteiger partial charge in [-0.25, -0.2) is 0 Å². The zero-order chi connectivity index (χ0) is 9.26. The van der Waals surface area contributed by atoms with Gasteiger partial charge >= 0.3 is 0 Å². The maximum absolute atomic E-state index is 4.58. The van der Waals surface area contributed by atoms with E-state index in [0.29, 0.717) is 5.92 Å². The first-order chi connectivity index (χ1) is 6.31. The van der Waals surface area contributed by atoms with E-state index in [2.05, 4.69) is 43.4 Å². The summed E-state index contributed by atoms with van der Waals surface area (Å²) in [5.74, 6) is 0.576. The molecular weight excluding hydrogens is 158 g/mol. The van der Waals surface area contributed by atoms with Crippen LogP contribution < -0.4 is 5.32 Å². The molecule has 0 spiro atoms. The molecule has 0 N–H and O–H groups in total. The van der Waals surface area contributed by atoms with E-state index >= 15 is 0 Å². The number of benzene rings is 1. The Morgan fingerprint density at radius 3 is 2.77 bits per heavy atom. The normalized spacial score (nSPS) is 16.0. The zero-order valence-electron chi connectivity index (χ0n) is 8.12. The summed E-state index contributed by atoms with van der Waals surface area (Å²) in [6.45, 7) is 4.42. The first kappa shape index (κ1) is 8.36. The summed E-state index contributed by atoms with van der Waals surface area (Å²) >= 11 is 0. The molecule has 1 heterocycles. The van der Waals surface area contributed by atoms with Crippen molar-refractivity contribution in [3.05, 3.63) is 35.5 Å². The van der Waals surface area contributed by atoms with Gasteiger partial charge in [-0.05, 0) is 24.5 Å². The van der Waals surface area contributed by atoms with Gasteiger partial charge in [-0.2, -0.15) is 0 Å². The van der Waals surface area contributed by atoms with E-state index in [1.165, 1.54) is 11.3 Å². The molecule has 13 heavy (non-hydrogen) atoms. The molecule has 1 nitrogen and oxygen atoms in total.